The average Bonchev–Trinajstić information content (AvgIpc) is 2.75. The summed E-state index contributed by atoms with van der Waals surface area (Å²) in [5, 5.41) is 9.73. The Morgan fingerprint density at radius 1 is 1.20 bits per heavy atom. The van der Waals surface area contributed by atoms with Crippen molar-refractivity contribution in [1.82, 2.24) is 4.90 Å². The second kappa shape index (κ2) is 6.93. The Hall–Kier alpha value is -0.570. The maximum atomic E-state index is 11.8. The molecule has 1 aliphatic carbocycles. The van der Waals surface area contributed by atoms with Crippen LogP contribution in [0.5, 0.6) is 0 Å². The predicted octanol–water partition coefficient (Wildman–Crippen LogP) is 4.06. The number of nitrogens with zero attached hydrogens (tertiary/aromatic N) is 1. The van der Waals surface area contributed by atoms with Crippen molar-refractivity contribution in [3.05, 3.63) is 0 Å². The molecule has 1 aliphatic heterocycles. The summed E-state index contributed by atoms with van der Waals surface area (Å²) in [4.78, 5) is 14.2. The van der Waals surface area contributed by atoms with Gasteiger partial charge in [-0.3, -0.25) is 9.69 Å². The first kappa shape index (κ1) is 15.8. The van der Waals surface area contributed by atoms with E-state index in [1.807, 2.05) is 6.92 Å². The van der Waals surface area contributed by atoms with Crippen molar-refractivity contribution in [2.24, 2.45) is 5.92 Å². The van der Waals surface area contributed by atoms with Gasteiger partial charge in [0, 0.05) is 6.04 Å². The van der Waals surface area contributed by atoms with Crippen LogP contribution in [-0.4, -0.2) is 34.1 Å². The standard InChI is InChI=1S/C17H31NO2/c1-3-7-14-8-5-9-15(11-10-14)18-13-6-12-17(18,4-2)16(19)20/h14-15H,3-13H2,1-2H3,(H,19,20). The molecule has 3 atom stereocenters. The van der Waals surface area contributed by atoms with Crippen LogP contribution in [0.1, 0.15) is 78.1 Å². The summed E-state index contributed by atoms with van der Waals surface area (Å²) in [6.45, 7) is 5.31. The van der Waals surface area contributed by atoms with Crippen molar-refractivity contribution in [3.63, 3.8) is 0 Å². The van der Waals surface area contributed by atoms with Crippen molar-refractivity contribution < 1.29 is 9.90 Å². The fourth-order valence-corrected chi connectivity index (χ4v) is 4.56. The second-order valence-corrected chi connectivity index (χ2v) is 6.80. The van der Waals surface area contributed by atoms with Gasteiger partial charge in [0.15, 0.2) is 0 Å². The van der Waals surface area contributed by atoms with Crippen LogP contribution >= 0.6 is 0 Å². The van der Waals surface area contributed by atoms with Crippen LogP contribution < -0.4 is 0 Å². The predicted molar refractivity (Wildman–Crippen MR) is 81.9 cm³/mol. The molecule has 0 radical (unpaired) electrons. The quantitative estimate of drug-likeness (QED) is 0.772. The molecular weight excluding hydrogens is 250 g/mol. The van der Waals surface area contributed by atoms with E-state index in [4.69, 9.17) is 0 Å². The lowest BCUT2D eigenvalue weighted by Gasteiger charge is -2.39. The highest BCUT2D eigenvalue weighted by Gasteiger charge is 2.48. The molecule has 1 N–H and O–H groups in total. The lowest BCUT2D eigenvalue weighted by atomic mass is 9.90. The molecule has 20 heavy (non-hydrogen) atoms. The first-order valence-electron chi connectivity index (χ1n) is 8.64. The molecule has 3 heteroatoms. The number of likely N-dealkylation sites (tertiary alicyclic amines) is 1. The number of carboxylic acids is 1. The number of hydrogen-bond donors (Lipinski definition) is 1. The molecule has 1 heterocycles. The van der Waals surface area contributed by atoms with Crippen LogP contribution in [0.15, 0.2) is 0 Å². The summed E-state index contributed by atoms with van der Waals surface area (Å²) in [6, 6.07) is 0.510. The smallest absolute Gasteiger partial charge is 0.324 e. The van der Waals surface area contributed by atoms with Crippen LogP contribution in [0.2, 0.25) is 0 Å². The molecule has 0 aromatic rings. The number of aliphatic carboxylic acids is 1. The monoisotopic (exact) mass is 281 g/mol. The van der Waals surface area contributed by atoms with Crippen LogP contribution in [0, 0.1) is 5.92 Å². The fourth-order valence-electron chi connectivity index (χ4n) is 4.56. The van der Waals surface area contributed by atoms with E-state index in [-0.39, 0.29) is 0 Å². The van der Waals surface area contributed by atoms with Crippen LogP contribution in [0.3, 0.4) is 0 Å². The Morgan fingerprint density at radius 2 is 2.00 bits per heavy atom. The highest BCUT2D eigenvalue weighted by atomic mass is 16.4. The molecule has 0 aromatic heterocycles. The first-order valence-corrected chi connectivity index (χ1v) is 8.64. The third-order valence-corrected chi connectivity index (χ3v) is 5.72. The Balaban J connectivity index is 2.04. The van der Waals surface area contributed by atoms with Gasteiger partial charge in [-0.1, -0.05) is 39.5 Å². The fraction of sp³-hybridized carbons (Fsp3) is 0.941. The van der Waals surface area contributed by atoms with E-state index >= 15 is 0 Å². The maximum absolute atomic E-state index is 11.8. The van der Waals surface area contributed by atoms with E-state index in [2.05, 4.69) is 11.8 Å². The van der Waals surface area contributed by atoms with E-state index in [9.17, 15) is 9.90 Å². The average molecular weight is 281 g/mol. The Bertz CT molecular complexity index is 331. The van der Waals surface area contributed by atoms with Crippen molar-refractivity contribution >= 4 is 5.97 Å². The summed E-state index contributed by atoms with van der Waals surface area (Å²) in [6.07, 6.45) is 11.6. The molecule has 0 spiro atoms. The third kappa shape index (κ3) is 3.03. The molecular formula is C17H31NO2. The van der Waals surface area contributed by atoms with Gasteiger partial charge in [-0.25, -0.2) is 0 Å². The van der Waals surface area contributed by atoms with E-state index in [1.54, 1.807) is 0 Å². The van der Waals surface area contributed by atoms with Gasteiger partial charge in [-0.15, -0.1) is 0 Å². The summed E-state index contributed by atoms with van der Waals surface area (Å²) in [7, 11) is 0. The zero-order valence-electron chi connectivity index (χ0n) is 13.2. The third-order valence-electron chi connectivity index (χ3n) is 5.72. The minimum absolute atomic E-state index is 0.510. The summed E-state index contributed by atoms with van der Waals surface area (Å²) >= 11 is 0. The highest BCUT2D eigenvalue weighted by Crippen LogP contribution is 2.39. The lowest BCUT2D eigenvalue weighted by molar-refractivity contribution is -0.151. The second-order valence-electron chi connectivity index (χ2n) is 6.80. The van der Waals surface area contributed by atoms with Gasteiger partial charge >= 0.3 is 5.97 Å². The molecule has 1 saturated carbocycles. The molecule has 2 fully saturated rings. The number of hydrogen-bond acceptors (Lipinski definition) is 2. The topological polar surface area (TPSA) is 40.5 Å². The summed E-state index contributed by atoms with van der Waals surface area (Å²) < 4.78 is 0. The van der Waals surface area contributed by atoms with Crippen molar-refractivity contribution in [1.29, 1.82) is 0 Å². The molecule has 3 unspecified atom stereocenters. The van der Waals surface area contributed by atoms with E-state index in [0.29, 0.717) is 6.04 Å². The van der Waals surface area contributed by atoms with Gasteiger partial charge in [0.1, 0.15) is 5.54 Å². The molecule has 116 valence electrons. The van der Waals surface area contributed by atoms with Crippen LogP contribution in [0.4, 0.5) is 0 Å². The van der Waals surface area contributed by atoms with Crippen molar-refractivity contribution in [2.75, 3.05) is 6.54 Å². The zero-order valence-corrected chi connectivity index (χ0v) is 13.2. The molecule has 2 aliphatic rings. The van der Waals surface area contributed by atoms with E-state index < -0.39 is 11.5 Å². The van der Waals surface area contributed by atoms with Crippen LogP contribution in [0.25, 0.3) is 0 Å². The van der Waals surface area contributed by atoms with E-state index in [1.165, 1.54) is 44.9 Å². The SMILES string of the molecule is CCCC1CCCC(N2CCCC2(CC)C(=O)O)CC1. The highest BCUT2D eigenvalue weighted by molar-refractivity contribution is 5.79. The minimum Gasteiger partial charge on any atom is -0.480 e. The van der Waals surface area contributed by atoms with Gasteiger partial charge in [-0.05, 0) is 51.0 Å². The normalized spacial score (nSPS) is 35.9. The van der Waals surface area contributed by atoms with E-state index in [0.717, 1.165) is 31.7 Å². The molecule has 2 rings (SSSR count). The Labute approximate surface area is 123 Å². The Kier molecular flexibility index (Phi) is 5.48. The van der Waals surface area contributed by atoms with Gasteiger partial charge in [-0.2, -0.15) is 0 Å². The molecule has 3 nitrogen and oxygen atoms in total. The molecule has 1 saturated heterocycles. The minimum atomic E-state index is -0.591. The summed E-state index contributed by atoms with van der Waals surface area (Å²) in [5.41, 5.74) is -0.560. The van der Waals surface area contributed by atoms with Gasteiger partial charge in [0.2, 0.25) is 0 Å². The Morgan fingerprint density at radius 3 is 2.65 bits per heavy atom. The first-order chi connectivity index (χ1) is 9.64. The number of carbonyl (C=O) groups is 1. The zero-order chi connectivity index (χ0) is 14.6. The lowest BCUT2D eigenvalue weighted by Crippen LogP contribution is -2.54. The summed E-state index contributed by atoms with van der Waals surface area (Å²) in [5.74, 6) is 0.292. The maximum Gasteiger partial charge on any atom is 0.324 e. The van der Waals surface area contributed by atoms with Crippen molar-refractivity contribution in [3.8, 4) is 0 Å². The van der Waals surface area contributed by atoms with Crippen molar-refractivity contribution in [2.45, 2.75) is 89.6 Å². The number of rotatable bonds is 5. The van der Waals surface area contributed by atoms with Gasteiger partial charge < -0.3 is 5.11 Å². The van der Waals surface area contributed by atoms with Crippen LogP contribution in [-0.2, 0) is 4.79 Å². The van der Waals surface area contributed by atoms with Gasteiger partial charge in [0.25, 0.3) is 0 Å². The number of carboxylic acid groups (broad SMARTS) is 1. The largest absolute Gasteiger partial charge is 0.480 e. The molecule has 0 aromatic carbocycles. The molecule has 0 amide bonds. The van der Waals surface area contributed by atoms with Gasteiger partial charge in [0.05, 0.1) is 0 Å². The molecule has 0 bridgehead atoms.